The predicted octanol–water partition coefficient (Wildman–Crippen LogP) is 17.9. The maximum atomic E-state index is 12.2. The van der Waals surface area contributed by atoms with Crippen LogP contribution in [0.2, 0.25) is 0 Å². The van der Waals surface area contributed by atoms with Gasteiger partial charge in [-0.1, -0.05) is 236 Å². The predicted molar refractivity (Wildman–Crippen MR) is 335 cm³/mol. The fourth-order valence-electron chi connectivity index (χ4n) is 5.88. The first-order valence-electron chi connectivity index (χ1n) is 27.7. The van der Waals surface area contributed by atoms with Gasteiger partial charge >= 0.3 is 0 Å². The number of hydrogen-bond donors (Lipinski definition) is 4. The third kappa shape index (κ3) is 40.1. The van der Waals surface area contributed by atoms with Gasteiger partial charge in [-0.15, -0.1) is 0 Å². The number of hydrogen-bond acceptors (Lipinski definition) is 6. The first-order chi connectivity index (χ1) is 37.4. The molecule has 0 radical (unpaired) electrons. The molecule has 0 heterocycles. The fourth-order valence-corrected chi connectivity index (χ4v) is 6.04. The zero-order valence-electron chi connectivity index (χ0n) is 49.8. The van der Waals surface area contributed by atoms with Crippen molar-refractivity contribution in [1.82, 2.24) is 0 Å². The second-order valence-corrected chi connectivity index (χ2v) is 14.8. The van der Waals surface area contributed by atoms with Crippen LogP contribution in [0.4, 0.5) is 22.7 Å². The Labute approximate surface area is 467 Å². The largest absolute Gasteiger partial charge is 0.399 e. The maximum Gasteiger partial charge on any atom is 0.228 e. The van der Waals surface area contributed by atoms with Gasteiger partial charge in [0.25, 0.3) is 0 Å². The van der Waals surface area contributed by atoms with Crippen LogP contribution in [-0.4, -0.2) is 22.8 Å². The molecule has 8 nitrogen and oxygen atoms in total. The van der Waals surface area contributed by atoms with Crippen molar-refractivity contribution >= 4 is 57.2 Å². The summed E-state index contributed by atoms with van der Waals surface area (Å²) >= 11 is 5.17. The lowest BCUT2D eigenvalue weighted by Crippen LogP contribution is -2.14. The van der Waals surface area contributed by atoms with Crippen molar-refractivity contribution in [1.29, 1.82) is 0 Å². The Hall–Kier alpha value is -7.29. The Kier molecular flexibility index (Phi) is 50.5. The van der Waals surface area contributed by atoms with Gasteiger partial charge in [0.2, 0.25) is 17.1 Å². The normalized spacial score (nSPS) is 8.82. The molecule has 0 saturated carbocycles. The number of nitrogens with two attached hydrogens (primary N) is 2. The van der Waals surface area contributed by atoms with Gasteiger partial charge in [0.1, 0.15) is 5.78 Å². The SMILES string of the molecule is CC.CC.CC.CC.CC.CC.CC.Nc1ccc(Cc2ccc(N)cc2)cc1.O=C(Cc1ccccc1)Nc1ccc(Cc2ccc(NC(=O)Cc3ccccc3)cc2)cc1.O=C(Cl)Cc1ccccc1.[2H]CC(C)=O. The molecule has 0 aliphatic carbocycles. The molecule has 7 rings (SSSR count). The molecular weight excluding hydrogens is 960 g/mol. The standard InChI is InChI=1S/C29H26N2O2.C13H14N2.C8H7ClO.C3H6O.7C2H6/c32-28(20-22-7-3-1-4-8-22)30-26-15-11-24(12-16-26)19-25-13-17-27(18-14-25)31-29(33)21-23-9-5-2-6-10-23;14-12-5-1-10(2-6-12)9-11-3-7-13(15)8-4-11;9-8(10)6-7-4-2-1-3-5-7;1-3(2)4;7*1-2/h1-18H,19-21H2,(H,30,32)(H,31,33);1-8H,9,14-15H2;1-5H,6H2;1-2H3;7*1-2H3/i;;;1D;;;;;;;. The molecule has 0 aromatic heterocycles. The minimum Gasteiger partial charge on any atom is -0.399 e. The van der Waals surface area contributed by atoms with Crippen molar-refractivity contribution in [3.8, 4) is 0 Å². The quantitative estimate of drug-likeness (QED) is 0.0708. The highest BCUT2D eigenvalue weighted by Gasteiger charge is 2.06. The molecule has 2 amide bonds. The van der Waals surface area contributed by atoms with E-state index in [1.165, 1.54) is 18.1 Å². The van der Waals surface area contributed by atoms with Gasteiger partial charge < -0.3 is 26.9 Å². The van der Waals surface area contributed by atoms with Crippen LogP contribution in [-0.2, 0) is 51.3 Å². The zero-order valence-corrected chi connectivity index (χ0v) is 49.6. The van der Waals surface area contributed by atoms with E-state index < -0.39 is 0 Å². The van der Waals surface area contributed by atoms with Crippen molar-refractivity contribution in [3.05, 3.63) is 227 Å². The average molecular weight is 1060 g/mol. The summed E-state index contributed by atoms with van der Waals surface area (Å²) in [5.74, 6) is -0.136. The Morgan fingerprint density at radius 2 is 0.592 bits per heavy atom. The second kappa shape index (κ2) is 52.6. The summed E-state index contributed by atoms with van der Waals surface area (Å²) in [5, 5.41) is 5.58. The molecule has 7 aromatic carbocycles. The number of carbonyl (C=O) groups is 4. The van der Waals surface area contributed by atoms with E-state index in [0.29, 0.717) is 19.3 Å². The van der Waals surface area contributed by atoms with E-state index in [-0.39, 0.29) is 29.7 Å². The Balaban J connectivity index is -0.000000502. The molecule has 9 heteroatoms. The van der Waals surface area contributed by atoms with E-state index in [2.05, 4.69) is 10.6 Å². The van der Waals surface area contributed by atoms with Crippen molar-refractivity contribution < 1.29 is 20.5 Å². The molecule has 6 N–H and O–H groups in total. The van der Waals surface area contributed by atoms with Crippen LogP contribution in [0, 0.1) is 0 Å². The highest BCUT2D eigenvalue weighted by Crippen LogP contribution is 2.17. The van der Waals surface area contributed by atoms with Crippen LogP contribution < -0.4 is 22.1 Å². The lowest BCUT2D eigenvalue weighted by atomic mass is 10.0. The molecule has 0 atom stereocenters. The molecular formula is C67H95ClN4O4. The monoisotopic (exact) mass is 1060 g/mol. The highest BCUT2D eigenvalue weighted by atomic mass is 35.5. The summed E-state index contributed by atoms with van der Waals surface area (Å²) in [6.07, 6.45) is 2.73. The topological polar surface area (TPSA) is 144 Å². The number of anilines is 4. The van der Waals surface area contributed by atoms with Gasteiger partial charge in [-0.3, -0.25) is 14.4 Å². The van der Waals surface area contributed by atoms with Gasteiger partial charge in [0.15, 0.2) is 0 Å². The number of benzene rings is 7. The molecule has 414 valence electrons. The van der Waals surface area contributed by atoms with E-state index in [0.717, 1.165) is 63.4 Å². The van der Waals surface area contributed by atoms with E-state index in [1.54, 1.807) is 0 Å². The zero-order chi connectivity index (χ0) is 59.2. The van der Waals surface area contributed by atoms with Crippen LogP contribution in [0.5, 0.6) is 0 Å². The Morgan fingerprint density at radius 1 is 0.368 bits per heavy atom. The molecule has 76 heavy (non-hydrogen) atoms. The van der Waals surface area contributed by atoms with E-state index >= 15 is 0 Å². The van der Waals surface area contributed by atoms with Crippen molar-refractivity contribution in [2.24, 2.45) is 0 Å². The number of nitrogen functional groups attached to an aromatic ring is 2. The molecule has 0 spiro atoms. The number of rotatable bonds is 12. The van der Waals surface area contributed by atoms with Crippen LogP contribution in [0.3, 0.4) is 0 Å². The molecule has 0 saturated heterocycles. The van der Waals surface area contributed by atoms with Crippen molar-refractivity contribution in [2.75, 3.05) is 22.1 Å². The first kappa shape index (κ1) is 73.0. The van der Waals surface area contributed by atoms with Crippen LogP contribution >= 0.6 is 11.6 Å². The second-order valence-electron chi connectivity index (χ2n) is 14.4. The number of nitrogens with one attached hydrogen (secondary N) is 2. The smallest absolute Gasteiger partial charge is 0.228 e. The Bertz CT molecular complexity index is 2300. The Morgan fingerprint density at radius 3 is 0.816 bits per heavy atom. The fraction of sp³-hybridized carbons (Fsp3) is 0.313. The summed E-state index contributed by atoms with van der Waals surface area (Å²) in [6, 6.07) is 60.5. The van der Waals surface area contributed by atoms with Gasteiger partial charge in [-0.25, -0.2) is 0 Å². The van der Waals surface area contributed by atoms with Crippen LogP contribution in [0.15, 0.2) is 188 Å². The lowest BCUT2D eigenvalue weighted by molar-refractivity contribution is -0.116. The third-order valence-corrected chi connectivity index (χ3v) is 8.99. The number of Topliss-reactive ketones (excluding diaryl/α,β-unsaturated/α-hetero) is 1. The van der Waals surface area contributed by atoms with Gasteiger partial charge in [-0.05, 0) is 126 Å². The molecule has 0 aliphatic rings. The molecule has 7 aromatic rings. The van der Waals surface area contributed by atoms with Gasteiger partial charge in [0.05, 0.1) is 12.8 Å². The number of carbonyl (C=O) groups excluding carboxylic acids is 4. The van der Waals surface area contributed by atoms with Gasteiger partial charge in [-0.2, -0.15) is 0 Å². The van der Waals surface area contributed by atoms with Crippen molar-refractivity contribution in [3.63, 3.8) is 0 Å². The average Bonchev–Trinajstić information content (AvgIpc) is 3.48. The minimum atomic E-state index is -0.314. The summed E-state index contributed by atoms with van der Waals surface area (Å²) in [4.78, 5) is 44.5. The van der Waals surface area contributed by atoms with Crippen LogP contribution in [0.1, 0.15) is 151 Å². The van der Waals surface area contributed by atoms with Gasteiger partial charge in [0, 0.05) is 30.5 Å². The first-order valence-corrected chi connectivity index (χ1v) is 27.4. The maximum absolute atomic E-state index is 12.2. The number of amides is 2. The molecule has 0 fully saturated rings. The van der Waals surface area contributed by atoms with Crippen LogP contribution in [0.25, 0.3) is 0 Å². The van der Waals surface area contributed by atoms with Crippen molar-refractivity contribution in [2.45, 2.75) is 143 Å². The lowest BCUT2D eigenvalue weighted by Gasteiger charge is -2.09. The van der Waals surface area contributed by atoms with E-state index in [4.69, 9.17) is 24.4 Å². The van der Waals surface area contributed by atoms with E-state index in [9.17, 15) is 19.2 Å². The molecule has 0 bridgehead atoms. The third-order valence-electron chi connectivity index (χ3n) is 8.85. The van der Waals surface area contributed by atoms with E-state index in [1.807, 2.05) is 285 Å². The summed E-state index contributed by atoms with van der Waals surface area (Å²) in [6.45, 7) is 29.3. The summed E-state index contributed by atoms with van der Waals surface area (Å²) in [7, 11) is 0. The number of ketones is 1. The summed E-state index contributed by atoms with van der Waals surface area (Å²) in [5.41, 5.74) is 22.2. The number of halogens is 1. The minimum absolute atomic E-state index is 0.0288. The molecule has 0 aliphatic heterocycles. The highest BCUT2D eigenvalue weighted by molar-refractivity contribution is 6.63. The molecule has 0 unspecified atom stereocenters. The summed E-state index contributed by atoms with van der Waals surface area (Å²) < 4.78 is 6.31.